The minimum Gasteiger partial charge on any atom is -0.491 e. The second kappa shape index (κ2) is 34.2. The molecule has 0 fully saturated rings. The topological polar surface area (TPSA) is 150 Å². The number of azo groups is 3. The number of anilines is 6. The zero-order valence-electron chi connectivity index (χ0n) is 60.2. The Morgan fingerprint density at radius 3 is 1.03 bits per heavy atom. The first-order valence-electron chi connectivity index (χ1n) is 35.9. The van der Waals surface area contributed by atoms with Crippen LogP contribution in [0.2, 0.25) is 0 Å². The van der Waals surface area contributed by atoms with E-state index in [9.17, 15) is 4.79 Å². The van der Waals surface area contributed by atoms with Gasteiger partial charge in [-0.1, -0.05) is 148 Å². The Kier molecular flexibility index (Phi) is 23.6. The molecule has 0 unspecified atom stereocenters. The maximum absolute atomic E-state index is 14.9. The van der Waals surface area contributed by atoms with Crippen LogP contribution in [0.1, 0.15) is 100 Å². The Morgan fingerprint density at radius 1 is 0.330 bits per heavy atom. The molecule has 0 bridgehead atoms. The number of nitrogens with zero attached hydrogens (tertiary/aromatic N) is 10. The summed E-state index contributed by atoms with van der Waals surface area (Å²) in [6.07, 6.45) is 2.54. The smallest absolute Gasteiger partial charge is 0.262 e. The normalized spacial score (nSPS) is 11.6. The first kappa shape index (κ1) is 71.2. The lowest BCUT2D eigenvalue weighted by Gasteiger charge is -2.26. The van der Waals surface area contributed by atoms with Crippen molar-refractivity contribution in [1.29, 1.82) is 0 Å². The predicted octanol–water partition coefficient (Wildman–Crippen LogP) is 24.3. The maximum atomic E-state index is 14.9. The van der Waals surface area contributed by atoms with Gasteiger partial charge in [0.15, 0.2) is 17.2 Å². The molecule has 16 heteroatoms. The van der Waals surface area contributed by atoms with Gasteiger partial charge in [-0.25, -0.2) is 0 Å². The van der Waals surface area contributed by atoms with Gasteiger partial charge in [0.2, 0.25) is 0 Å². The number of benzene rings is 12. The molecule has 522 valence electrons. The minimum atomic E-state index is -0.181. The van der Waals surface area contributed by atoms with E-state index < -0.39 is 0 Å². The highest BCUT2D eigenvalue weighted by molar-refractivity contribution is 6.13. The van der Waals surface area contributed by atoms with E-state index in [-0.39, 0.29) is 19.1 Å². The van der Waals surface area contributed by atoms with Crippen LogP contribution in [-0.4, -0.2) is 45.4 Å². The van der Waals surface area contributed by atoms with E-state index >= 15 is 0 Å². The van der Waals surface area contributed by atoms with Gasteiger partial charge >= 0.3 is 0 Å². The molecule has 0 spiro atoms. The zero-order chi connectivity index (χ0) is 71.6. The number of rotatable bonds is 31. The van der Waals surface area contributed by atoms with E-state index in [0.29, 0.717) is 96.4 Å². The van der Waals surface area contributed by atoms with Crippen molar-refractivity contribution >= 4 is 106 Å². The standard InChI is InChI=1S/C87H88N10O6/c1-10-60-31-22-28-40-78(60)94(13-4)87(98)77-57-65-36-21-27-39-76(65)83(86(77)101-18-9)93-90-70-47-53-73(54-48-70)97(71-49-43-68(44-50-71)88-91-81-74-37-25-19-34-63(74)55-66(84(81)99-16-7)58-102-95(14-5)79-41-29-23-32-61(79)11-2)72-51-45-69(46-52-72)89-92-82-75-38-26-20-35-64(75)56-67(85(82)100-17-8)59-103-96(15-6)80-42-30-24-33-62(80)12-3/h19-57H,10-18,58-59H2,1-9H3. The first-order valence-corrected chi connectivity index (χ1v) is 35.9. The average molecular weight is 1370 g/mol. The number of aryl methyl sites for hydroxylation is 3. The fraction of sp³-hybridized carbons (Fsp3) is 0.230. The fourth-order valence-electron chi connectivity index (χ4n) is 13.1. The van der Waals surface area contributed by atoms with Gasteiger partial charge in [-0.2, -0.15) is 15.3 Å². The van der Waals surface area contributed by atoms with Crippen molar-refractivity contribution in [3.8, 4) is 17.2 Å². The summed E-state index contributed by atoms with van der Waals surface area (Å²) in [7, 11) is 0. The van der Waals surface area contributed by atoms with Crippen LogP contribution >= 0.6 is 0 Å². The molecular weight excluding hydrogens is 1280 g/mol. The Labute approximate surface area is 604 Å². The lowest BCUT2D eigenvalue weighted by molar-refractivity contribution is 0.0949. The molecule has 0 atom stereocenters. The molecule has 12 aromatic carbocycles. The summed E-state index contributed by atoms with van der Waals surface area (Å²) in [5.41, 5.74) is 14.6. The van der Waals surface area contributed by atoms with Gasteiger partial charge in [-0.3, -0.25) is 24.6 Å². The van der Waals surface area contributed by atoms with E-state index in [0.717, 1.165) is 102 Å². The monoisotopic (exact) mass is 1370 g/mol. The number of hydrogen-bond acceptors (Lipinski definition) is 15. The van der Waals surface area contributed by atoms with Crippen LogP contribution in [0.15, 0.2) is 267 Å². The van der Waals surface area contributed by atoms with Gasteiger partial charge in [0.05, 0.1) is 53.8 Å². The van der Waals surface area contributed by atoms with Crippen molar-refractivity contribution in [2.45, 2.75) is 94.8 Å². The van der Waals surface area contributed by atoms with Crippen LogP contribution in [0.4, 0.5) is 68.2 Å². The Bertz CT molecular complexity index is 4800. The molecular formula is C87H88N10O6. The molecule has 0 saturated heterocycles. The number of hydroxylamine groups is 2. The van der Waals surface area contributed by atoms with Gasteiger partial charge in [0.25, 0.3) is 5.91 Å². The summed E-state index contributed by atoms with van der Waals surface area (Å²) in [5.74, 6) is 1.43. The van der Waals surface area contributed by atoms with Crippen molar-refractivity contribution in [2.75, 3.05) is 59.4 Å². The highest BCUT2D eigenvalue weighted by atomic mass is 16.7. The largest absolute Gasteiger partial charge is 0.491 e. The van der Waals surface area contributed by atoms with Crippen LogP contribution in [0.25, 0.3) is 32.3 Å². The predicted molar refractivity (Wildman–Crippen MR) is 419 cm³/mol. The van der Waals surface area contributed by atoms with Crippen molar-refractivity contribution in [3.63, 3.8) is 0 Å². The second-order valence-electron chi connectivity index (χ2n) is 24.4. The van der Waals surface area contributed by atoms with Crippen molar-refractivity contribution in [2.24, 2.45) is 30.7 Å². The van der Waals surface area contributed by atoms with Crippen LogP contribution in [0.5, 0.6) is 17.2 Å². The molecule has 0 aliphatic carbocycles. The zero-order valence-corrected chi connectivity index (χ0v) is 60.2. The fourth-order valence-corrected chi connectivity index (χ4v) is 13.1. The Hall–Kier alpha value is -11.6. The van der Waals surface area contributed by atoms with E-state index in [1.165, 1.54) is 11.1 Å². The lowest BCUT2D eigenvalue weighted by atomic mass is 10.0. The second-order valence-corrected chi connectivity index (χ2v) is 24.4. The Morgan fingerprint density at radius 2 is 0.660 bits per heavy atom. The number of ether oxygens (including phenoxy) is 3. The molecule has 16 nitrogen and oxygen atoms in total. The number of carbonyl (C=O) groups excluding carboxylic acids is 1. The van der Waals surface area contributed by atoms with Crippen LogP contribution in [-0.2, 0) is 42.2 Å². The van der Waals surface area contributed by atoms with E-state index in [1.54, 1.807) is 0 Å². The SMILES string of the molecule is CCOc1c(CON(CC)c2ccccc2CC)cc2ccccc2c1N=Nc1ccc(N(c2ccc(N=Nc3c(OCC)c(CON(CC)c4ccccc4CC)cc4ccccc34)cc2)c2ccc(N=Nc3c(OCC)c(C(=O)N(CC)c4ccccc4CC)cc4ccccc34)cc2)cc1. The third kappa shape index (κ3) is 16.0. The molecule has 0 radical (unpaired) electrons. The van der Waals surface area contributed by atoms with Gasteiger partial charge in [0, 0.05) is 69.7 Å². The molecule has 12 rings (SSSR count). The molecule has 0 heterocycles. The van der Waals surface area contributed by atoms with E-state index in [1.807, 2.05) is 213 Å². The third-order valence-corrected chi connectivity index (χ3v) is 18.1. The molecule has 0 aromatic heterocycles. The number of amides is 1. The summed E-state index contributed by atoms with van der Waals surface area (Å²) >= 11 is 0. The molecule has 0 aliphatic heterocycles. The number of carbonyl (C=O) groups is 1. The van der Waals surface area contributed by atoms with Crippen molar-refractivity contribution < 1.29 is 28.7 Å². The number of para-hydroxylation sites is 3. The van der Waals surface area contributed by atoms with E-state index in [2.05, 4.69) is 106 Å². The molecule has 1 amide bonds. The lowest BCUT2D eigenvalue weighted by Crippen LogP contribution is -2.31. The maximum Gasteiger partial charge on any atom is 0.262 e. The van der Waals surface area contributed by atoms with Crippen LogP contribution < -0.4 is 34.1 Å². The minimum absolute atomic E-state index is 0.181. The summed E-state index contributed by atoms with van der Waals surface area (Å²) in [6, 6.07) is 78.9. The highest BCUT2D eigenvalue weighted by Crippen LogP contribution is 2.46. The molecule has 0 saturated carbocycles. The summed E-state index contributed by atoms with van der Waals surface area (Å²) in [4.78, 5) is 32.0. The summed E-state index contributed by atoms with van der Waals surface area (Å²) in [5, 5.41) is 38.9. The van der Waals surface area contributed by atoms with Gasteiger partial charge < -0.3 is 24.0 Å². The number of fused-ring (bicyclic) bond motifs is 3. The molecule has 103 heavy (non-hydrogen) atoms. The van der Waals surface area contributed by atoms with Gasteiger partial charge in [-0.05, 0) is 203 Å². The Balaban J connectivity index is 0.892. The van der Waals surface area contributed by atoms with Gasteiger partial charge in [-0.15, -0.1) is 15.3 Å². The molecule has 12 aromatic rings. The summed E-state index contributed by atoms with van der Waals surface area (Å²) in [6.45, 7) is 21.9. The van der Waals surface area contributed by atoms with E-state index in [4.69, 9.17) is 54.6 Å². The van der Waals surface area contributed by atoms with Crippen LogP contribution in [0, 0.1) is 0 Å². The highest BCUT2D eigenvalue weighted by Gasteiger charge is 2.27. The molecule has 0 aliphatic rings. The average Bonchev–Trinajstić information content (AvgIpc) is 0.773. The number of hydrogen-bond donors (Lipinski definition) is 0. The van der Waals surface area contributed by atoms with Crippen LogP contribution in [0.3, 0.4) is 0 Å². The third-order valence-electron chi connectivity index (χ3n) is 18.1. The van der Waals surface area contributed by atoms with Gasteiger partial charge in [0.1, 0.15) is 30.3 Å². The van der Waals surface area contributed by atoms with Crippen molar-refractivity contribution in [3.05, 3.63) is 270 Å². The summed E-state index contributed by atoms with van der Waals surface area (Å²) < 4.78 is 19.3. The quantitative estimate of drug-likeness (QED) is 0.0305. The molecule has 0 N–H and O–H groups in total. The van der Waals surface area contributed by atoms with Crippen molar-refractivity contribution in [1.82, 2.24) is 0 Å². The first-order chi connectivity index (χ1) is 50.6.